The number of aliphatic hydroxyl groups is 1. The molecule has 0 aliphatic carbocycles. The minimum absolute atomic E-state index is 0.0524. The molecule has 0 spiro atoms. The van der Waals surface area contributed by atoms with E-state index in [1.54, 1.807) is 0 Å². The fraction of sp³-hybridized carbons (Fsp3) is 0.750. The lowest BCUT2D eigenvalue weighted by Crippen LogP contribution is -2.28. The number of hydrogen-bond acceptors (Lipinski definition) is 3. The standard InChI is InChI=1S/C12H21N3O/c1-3-15-12(9(2)11(8-16)14-15)10-4-6-13-7-5-10/h10,13,16H,3-8H2,1-2H3. The molecule has 0 atom stereocenters. The van der Waals surface area contributed by atoms with Crippen LogP contribution in [0.25, 0.3) is 0 Å². The van der Waals surface area contributed by atoms with Gasteiger partial charge < -0.3 is 10.4 Å². The van der Waals surface area contributed by atoms with Crippen LogP contribution in [0.5, 0.6) is 0 Å². The summed E-state index contributed by atoms with van der Waals surface area (Å²) in [6, 6.07) is 0. The van der Waals surface area contributed by atoms with Crippen LogP contribution in [-0.2, 0) is 13.2 Å². The van der Waals surface area contributed by atoms with E-state index < -0.39 is 0 Å². The highest BCUT2D eigenvalue weighted by molar-refractivity contribution is 5.28. The number of piperidine rings is 1. The molecule has 0 bridgehead atoms. The van der Waals surface area contributed by atoms with Crippen molar-refractivity contribution in [2.24, 2.45) is 0 Å². The van der Waals surface area contributed by atoms with Gasteiger partial charge in [-0.3, -0.25) is 4.68 Å². The number of nitrogens with zero attached hydrogens (tertiary/aromatic N) is 2. The van der Waals surface area contributed by atoms with Gasteiger partial charge in [0.2, 0.25) is 0 Å². The van der Waals surface area contributed by atoms with Crippen molar-refractivity contribution in [3.05, 3.63) is 17.0 Å². The third-order valence-corrected chi connectivity index (χ3v) is 3.51. The van der Waals surface area contributed by atoms with E-state index in [1.807, 2.05) is 0 Å². The molecule has 0 radical (unpaired) electrons. The molecule has 0 amide bonds. The zero-order valence-electron chi connectivity index (χ0n) is 10.2. The SMILES string of the molecule is CCn1nc(CO)c(C)c1C1CCNCC1. The van der Waals surface area contributed by atoms with Crippen molar-refractivity contribution in [1.29, 1.82) is 0 Å². The molecule has 0 unspecified atom stereocenters. The second-order valence-corrected chi connectivity index (χ2v) is 4.46. The predicted molar refractivity (Wildman–Crippen MR) is 63.4 cm³/mol. The third kappa shape index (κ3) is 1.99. The average molecular weight is 223 g/mol. The molecule has 1 aliphatic rings. The van der Waals surface area contributed by atoms with Crippen LogP contribution in [0.15, 0.2) is 0 Å². The number of aliphatic hydroxyl groups excluding tert-OH is 1. The first kappa shape index (κ1) is 11.6. The van der Waals surface area contributed by atoms with Gasteiger partial charge in [0.05, 0.1) is 12.3 Å². The second-order valence-electron chi connectivity index (χ2n) is 4.46. The number of aryl methyl sites for hydroxylation is 1. The first-order valence-electron chi connectivity index (χ1n) is 6.15. The zero-order chi connectivity index (χ0) is 11.5. The molecule has 2 rings (SSSR count). The number of aromatic nitrogens is 2. The van der Waals surface area contributed by atoms with Gasteiger partial charge >= 0.3 is 0 Å². The smallest absolute Gasteiger partial charge is 0.0910 e. The molecule has 2 N–H and O–H groups in total. The van der Waals surface area contributed by atoms with Crippen molar-refractivity contribution in [2.45, 2.75) is 45.8 Å². The summed E-state index contributed by atoms with van der Waals surface area (Å²) >= 11 is 0. The second kappa shape index (κ2) is 4.97. The van der Waals surface area contributed by atoms with Gasteiger partial charge in [0.15, 0.2) is 0 Å². The molecular formula is C12H21N3O. The first-order chi connectivity index (χ1) is 7.77. The lowest BCUT2D eigenvalue weighted by atomic mass is 9.91. The lowest BCUT2D eigenvalue weighted by molar-refractivity contribution is 0.274. The Hall–Kier alpha value is -0.870. The Balaban J connectivity index is 2.32. The lowest BCUT2D eigenvalue weighted by Gasteiger charge is -2.24. The van der Waals surface area contributed by atoms with Gasteiger partial charge in [-0.05, 0) is 45.3 Å². The Bertz CT molecular complexity index is 353. The topological polar surface area (TPSA) is 50.1 Å². The Kier molecular flexibility index (Phi) is 3.61. The van der Waals surface area contributed by atoms with E-state index >= 15 is 0 Å². The minimum atomic E-state index is 0.0524. The van der Waals surface area contributed by atoms with Crippen molar-refractivity contribution in [2.75, 3.05) is 13.1 Å². The Morgan fingerprint density at radius 3 is 2.69 bits per heavy atom. The van der Waals surface area contributed by atoms with Crippen LogP contribution in [0.4, 0.5) is 0 Å². The molecule has 4 nitrogen and oxygen atoms in total. The van der Waals surface area contributed by atoms with E-state index in [-0.39, 0.29) is 6.61 Å². The zero-order valence-corrected chi connectivity index (χ0v) is 10.2. The quantitative estimate of drug-likeness (QED) is 0.808. The molecule has 0 aromatic carbocycles. The molecule has 1 saturated heterocycles. The molecule has 1 fully saturated rings. The van der Waals surface area contributed by atoms with Crippen LogP contribution in [0, 0.1) is 6.92 Å². The van der Waals surface area contributed by atoms with Crippen LogP contribution in [0.2, 0.25) is 0 Å². The Morgan fingerprint density at radius 1 is 1.44 bits per heavy atom. The van der Waals surface area contributed by atoms with Gasteiger partial charge in [-0.15, -0.1) is 0 Å². The van der Waals surface area contributed by atoms with Gasteiger partial charge in [-0.25, -0.2) is 0 Å². The number of rotatable bonds is 3. The summed E-state index contributed by atoms with van der Waals surface area (Å²) in [5.41, 5.74) is 3.37. The van der Waals surface area contributed by atoms with Crippen molar-refractivity contribution in [3.63, 3.8) is 0 Å². The monoisotopic (exact) mass is 223 g/mol. The summed E-state index contributed by atoms with van der Waals surface area (Å²) in [6.45, 7) is 7.32. The van der Waals surface area contributed by atoms with E-state index in [2.05, 4.69) is 28.9 Å². The fourth-order valence-corrected chi connectivity index (χ4v) is 2.62. The van der Waals surface area contributed by atoms with E-state index in [9.17, 15) is 5.11 Å². The van der Waals surface area contributed by atoms with Crippen molar-refractivity contribution >= 4 is 0 Å². The summed E-state index contributed by atoms with van der Waals surface area (Å²) in [6.07, 6.45) is 2.36. The van der Waals surface area contributed by atoms with Gasteiger partial charge in [0, 0.05) is 18.2 Å². The third-order valence-electron chi connectivity index (χ3n) is 3.51. The fourth-order valence-electron chi connectivity index (χ4n) is 2.62. The highest BCUT2D eigenvalue weighted by Gasteiger charge is 2.23. The van der Waals surface area contributed by atoms with E-state index in [4.69, 9.17) is 0 Å². The average Bonchev–Trinajstić information content (AvgIpc) is 2.66. The highest BCUT2D eigenvalue weighted by Crippen LogP contribution is 2.29. The summed E-state index contributed by atoms with van der Waals surface area (Å²) in [4.78, 5) is 0. The molecule has 0 saturated carbocycles. The maximum absolute atomic E-state index is 9.26. The maximum Gasteiger partial charge on any atom is 0.0910 e. The largest absolute Gasteiger partial charge is 0.390 e. The van der Waals surface area contributed by atoms with Crippen LogP contribution in [0.3, 0.4) is 0 Å². The van der Waals surface area contributed by atoms with E-state index in [0.717, 1.165) is 25.3 Å². The molecule has 4 heteroatoms. The molecule has 90 valence electrons. The molecule has 1 aliphatic heterocycles. The molecule has 1 aromatic heterocycles. The van der Waals surface area contributed by atoms with Crippen molar-refractivity contribution in [3.8, 4) is 0 Å². The molecule has 16 heavy (non-hydrogen) atoms. The minimum Gasteiger partial charge on any atom is -0.390 e. The summed E-state index contributed by atoms with van der Waals surface area (Å²) in [5.74, 6) is 0.606. The Morgan fingerprint density at radius 2 is 2.12 bits per heavy atom. The van der Waals surface area contributed by atoms with Gasteiger partial charge in [-0.1, -0.05) is 0 Å². The van der Waals surface area contributed by atoms with Gasteiger partial charge in [0.1, 0.15) is 0 Å². The summed E-state index contributed by atoms with van der Waals surface area (Å²) in [5, 5.41) is 17.1. The van der Waals surface area contributed by atoms with Crippen molar-refractivity contribution in [1.82, 2.24) is 15.1 Å². The summed E-state index contributed by atoms with van der Waals surface area (Å²) < 4.78 is 2.07. The van der Waals surface area contributed by atoms with E-state index in [0.29, 0.717) is 5.92 Å². The first-order valence-corrected chi connectivity index (χ1v) is 6.15. The van der Waals surface area contributed by atoms with E-state index in [1.165, 1.54) is 24.1 Å². The highest BCUT2D eigenvalue weighted by atomic mass is 16.3. The van der Waals surface area contributed by atoms with Gasteiger partial charge in [-0.2, -0.15) is 5.10 Å². The summed E-state index contributed by atoms with van der Waals surface area (Å²) in [7, 11) is 0. The number of nitrogens with one attached hydrogen (secondary N) is 1. The van der Waals surface area contributed by atoms with Crippen LogP contribution < -0.4 is 5.32 Å². The molecule has 2 heterocycles. The Labute approximate surface area is 96.7 Å². The van der Waals surface area contributed by atoms with Crippen LogP contribution in [-0.4, -0.2) is 28.0 Å². The van der Waals surface area contributed by atoms with Crippen LogP contribution >= 0.6 is 0 Å². The maximum atomic E-state index is 9.26. The number of hydrogen-bond donors (Lipinski definition) is 2. The predicted octanol–water partition coefficient (Wildman–Crippen LogP) is 1.17. The normalized spacial score (nSPS) is 17.9. The molecular weight excluding hydrogens is 202 g/mol. The van der Waals surface area contributed by atoms with Crippen molar-refractivity contribution < 1.29 is 5.11 Å². The van der Waals surface area contributed by atoms with Crippen LogP contribution in [0.1, 0.15) is 42.6 Å². The van der Waals surface area contributed by atoms with Gasteiger partial charge in [0.25, 0.3) is 0 Å². The molecule has 1 aromatic rings.